The van der Waals surface area contributed by atoms with Crippen molar-refractivity contribution in [2.24, 2.45) is 0 Å². The summed E-state index contributed by atoms with van der Waals surface area (Å²) in [4.78, 5) is 12.7. The van der Waals surface area contributed by atoms with Crippen LogP contribution >= 0.6 is 0 Å². The number of hydrogen-bond acceptors (Lipinski definition) is 8. The molecule has 2 aliphatic heterocycles. The number of phenolic OH excluding ortho intramolecular Hbond substituents is 1. The van der Waals surface area contributed by atoms with Gasteiger partial charge in [-0.2, -0.15) is 0 Å². The molecule has 8 nitrogen and oxygen atoms in total. The molecule has 150 valence electrons. The van der Waals surface area contributed by atoms with Gasteiger partial charge in [-0.15, -0.1) is 0 Å². The molecule has 0 unspecified atom stereocenters. The van der Waals surface area contributed by atoms with Gasteiger partial charge in [0, 0.05) is 23.3 Å². The minimum Gasteiger partial charge on any atom is -0.508 e. The summed E-state index contributed by atoms with van der Waals surface area (Å²) in [5.41, 5.74) is 1.21. The average molecular weight is 398 g/mol. The number of aliphatic hydroxyl groups excluding tert-OH is 3. The predicted octanol–water partition coefficient (Wildman–Crippen LogP) is 1.08. The Morgan fingerprint density at radius 1 is 1.00 bits per heavy atom. The summed E-state index contributed by atoms with van der Waals surface area (Å²) < 4.78 is 17.4. The number of rotatable bonds is 2. The molecule has 1 fully saturated rings. The summed E-state index contributed by atoms with van der Waals surface area (Å²) >= 11 is 0. The average Bonchev–Trinajstić information content (AvgIpc) is 3.07. The van der Waals surface area contributed by atoms with E-state index in [4.69, 9.17) is 13.9 Å². The largest absolute Gasteiger partial charge is 0.508 e. The molecule has 0 radical (unpaired) electrons. The Bertz CT molecular complexity index is 1140. The molecule has 3 aromatic rings. The van der Waals surface area contributed by atoms with E-state index in [9.17, 15) is 25.2 Å². The summed E-state index contributed by atoms with van der Waals surface area (Å²) in [5, 5.41) is 39.6. The van der Waals surface area contributed by atoms with Crippen LogP contribution in [0.1, 0.15) is 11.7 Å². The van der Waals surface area contributed by atoms with E-state index in [0.717, 1.165) is 0 Å². The minimum absolute atomic E-state index is 0.104. The van der Waals surface area contributed by atoms with Crippen LogP contribution in [0.15, 0.2) is 51.7 Å². The Morgan fingerprint density at radius 2 is 1.76 bits per heavy atom. The standard InChI is InChI=1S/C21H18O8/c22-8-17-18(25)19(26)21-20(29-17)12-5-11-13(24)6-14(9-1-3-10(23)4-2-9)27-15(11)7-16(12)28-21/h1-7,17-23,25-26H,8H2/t17-,18-,19+,20+,21+/m1/s1. The number of phenols is 1. The van der Waals surface area contributed by atoms with Crippen molar-refractivity contribution in [1.29, 1.82) is 0 Å². The SMILES string of the molecule is O=c1cc(-c2ccc(O)cc2)oc2cc3c(cc12)[C@@H]1O[C@H](CO)[C@@H](O)[C@H](O)[C@@H]1O3. The second-order valence-electron chi connectivity index (χ2n) is 7.25. The van der Waals surface area contributed by atoms with Crippen molar-refractivity contribution in [2.45, 2.75) is 30.5 Å². The Morgan fingerprint density at radius 3 is 2.48 bits per heavy atom. The summed E-state index contributed by atoms with van der Waals surface area (Å²) in [7, 11) is 0. The number of hydrogen-bond donors (Lipinski definition) is 4. The van der Waals surface area contributed by atoms with Gasteiger partial charge in [-0.1, -0.05) is 0 Å². The molecular weight excluding hydrogens is 380 g/mol. The third kappa shape index (κ3) is 2.80. The van der Waals surface area contributed by atoms with E-state index in [1.807, 2.05) is 0 Å². The fourth-order valence-electron chi connectivity index (χ4n) is 3.91. The Kier molecular flexibility index (Phi) is 4.11. The molecule has 0 bridgehead atoms. The van der Waals surface area contributed by atoms with E-state index in [2.05, 4.69) is 0 Å². The van der Waals surface area contributed by atoms with Crippen molar-refractivity contribution in [3.8, 4) is 22.8 Å². The normalized spacial score (nSPS) is 28.0. The van der Waals surface area contributed by atoms with Crippen molar-refractivity contribution >= 4 is 11.0 Å². The van der Waals surface area contributed by atoms with Crippen molar-refractivity contribution in [3.63, 3.8) is 0 Å². The summed E-state index contributed by atoms with van der Waals surface area (Å²) in [6, 6.07) is 10.8. The molecular formula is C21H18O8. The monoisotopic (exact) mass is 398 g/mol. The van der Waals surface area contributed by atoms with Gasteiger partial charge >= 0.3 is 0 Å². The summed E-state index contributed by atoms with van der Waals surface area (Å²) in [6.45, 7) is -0.456. The molecule has 5 rings (SSSR count). The lowest BCUT2D eigenvalue weighted by Crippen LogP contribution is -2.55. The number of aromatic hydroxyl groups is 1. The molecule has 0 amide bonds. The highest BCUT2D eigenvalue weighted by molar-refractivity contribution is 5.82. The molecule has 0 spiro atoms. The molecule has 8 heteroatoms. The van der Waals surface area contributed by atoms with E-state index in [-0.39, 0.29) is 11.2 Å². The smallest absolute Gasteiger partial charge is 0.193 e. The molecule has 1 saturated heterocycles. The van der Waals surface area contributed by atoms with E-state index in [1.54, 1.807) is 24.3 Å². The quantitative estimate of drug-likeness (QED) is 0.505. The van der Waals surface area contributed by atoms with Gasteiger partial charge in [-0.05, 0) is 30.3 Å². The highest BCUT2D eigenvalue weighted by Crippen LogP contribution is 2.46. The lowest BCUT2D eigenvalue weighted by Gasteiger charge is -2.38. The highest BCUT2D eigenvalue weighted by atomic mass is 16.6. The van der Waals surface area contributed by atoms with Crippen LogP contribution in [-0.4, -0.2) is 51.4 Å². The zero-order valence-corrected chi connectivity index (χ0v) is 15.1. The van der Waals surface area contributed by atoms with Crippen molar-refractivity contribution in [1.82, 2.24) is 0 Å². The van der Waals surface area contributed by atoms with Crippen molar-refractivity contribution in [3.05, 3.63) is 58.3 Å². The van der Waals surface area contributed by atoms with Gasteiger partial charge in [0.25, 0.3) is 0 Å². The first kappa shape index (κ1) is 18.1. The van der Waals surface area contributed by atoms with E-state index in [1.165, 1.54) is 18.2 Å². The van der Waals surface area contributed by atoms with Gasteiger partial charge in [0.2, 0.25) is 0 Å². The number of fused-ring (bicyclic) bond motifs is 4. The van der Waals surface area contributed by atoms with Gasteiger partial charge in [0.15, 0.2) is 11.5 Å². The van der Waals surface area contributed by atoms with Crippen LogP contribution < -0.4 is 10.2 Å². The van der Waals surface area contributed by atoms with E-state index < -0.39 is 37.1 Å². The second-order valence-corrected chi connectivity index (χ2v) is 7.25. The fraction of sp³-hybridized carbons (Fsp3) is 0.286. The first-order valence-electron chi connectivity index (χ1n) is 9.16. The third-order valence-electron chi connectivity index (χ3n) is 5.45. The highest BCUT2D eigenvalue weighted by Gasteiger charge is 2.50. The first-order valence-corrected chi connectivity index (χ1v) is 9.16. The van der Waals surface area contributed by atoms with Crippen LogP contribution in [0.5, 0.6) is 11.5 Å². The molecule has 0 saturated carbocycles. The molecule has 5 atom stereocenters. The van der Waals surface area contributed by atoms with Crippen LogP contribution in [0.4, 0.5) is 0 Å². The molecule has 1 aromatic heterocycles. The number of aliphatic hydroxyl groups is 3. The lowest BCUT2D eigenvalue weighted by atomic mass is 9.92. The summed E-state index contributed by atoms with van der Waals surface area (Å²) in [5.74, 6) is 0.820. The second kappa shape index (κ2) is 6.57. The van der Waals surface area contributed by atoms with E-state index in [0.29, 0.717) is 33.6 Å². The zero-order valence-electron chi connectivity index (χ0n) is 15.1. The Hall–Kier alpha value is -2.91. The predicted molar refractivity (Wildman–Crippen MR) is 101 cm³/mol. The van der Waals surface area contributed by atoms with Crippen molar-refractivity contribution < 1.29 is 34.3 Å². The first-order chi connectivity index (χ1) is 14.0. The number of benzene rings is 2. The van der Waals surface area contributed by atoms with Gasteiger partial charge in [-0.25, -0.2) is 0 Å². The van der Waals surface area contributed by atoms with Crippen molar-refractivity contribution in [2.75, 3.05) is 6.61 Å². The van der Waals surface area contributed by atoms with Gasteiger partial charge in [0.05, 0.1) is 12.0 Å². The van der Waals surface area contributed by atoms with Gasteiger partial charge in [0.1, 0.15) is 47.3 Å². The molecule has 0 aliphatic carbocycles. The minimum atomic E-state index is -1.29. The van der Waals surface area contributed by atoms with Crippen LogP contribution in [0.25, 0.3) is 22.3 Å². The topological polar surface area (TPSA) is 130 Å². The Labute approximate surface area is 164 Å². The maximum Gasteiger partial charge on any atom is 0.193 e. The molecule has 29 heavy (non-hydrogen) atoms. The van der Waals surface area contributed by atoms with Crippen LogP contribution in [0.2, 0.25) is 0 Å². The molecule has 2 aromatic carbocycles. The van der Waals surface area contributed by atoms with Crippen LogP contribution in [0, 0.1) is 0 Å². The van der Waals surface area contributed by atoms with E-state index >= 15 is 0 Å². The maximum absolute atomic E-state index is 12.7. The molecule has 2 aliphatic rings. The zero-order chi connectivity index (χ0) is 20.3. The molecule has 3 heterocycles. The fourth-order valence-corrected chi connectivity index (χ4v) is 3.91. The lowest BCUT2D eigenvalue weighted by molar-refractivity contribution is -0.215. The molecule has 4 N–H and O–H groups in total. The van der Waals surface area contributed by atoms with Crippen LogP contribution in [0.3, 0.4) is 0 Å². The number of ether oxygens (including phenoxy) is 2. The Balaban J connectivity index is 1.60. The summed E-state index contributed by atoms with van der Waals surface area (Å²) in [6.07, 6.45) is -5.07. The van der Waals surface area contributed by atoms with Crippen LogP contribution in [-0.2, 0) is 4.74 Å². The maximum atomic E-state index is 12.7. The third-order valence-corrected chi connectivity index (χ3v) is 5.45. The van der Waals surface area contributed by atoms with Gasteiger partial charge in [-0.3, -0.25) is 4.79 Å². The van der Waals surface area contributed by atoms with Gasteiger partial charge < -0.3 is 34.3 Å².